The Labute approximate surface area is 200 Å². The number of pyridine rings is 2. The molecule has 8 nitrogen and oxygen atoms in total. The molecule has 0 atom stereocenters. The molecule has 1 N–H and O–H groups in total. The number of carbonyl (C=O) groups is 1. The number of piperazine rings is 1. The summed E-state index contributed by atoms with van der Waals surface area (Å²) in [4.78, 5) is 29.2. The highest BCUT2D eigenvalue weighted by molar-refractivity contribution is 6.09. The van der Waals surface area contributed by atoms with Gasteiger partial charge in [0.05, 0.1) is 18.8 Å². The van der Waals surface area contributed by atoms with E-state index in [1.54, 1.807) is 6.20 Å². The van der Waals surface area contributed by atoms with Gasteiger partial charge in [-0.15, -0.1) is 0 Å². The fourth-order valence-electron chi connectivity index (χ4n) is 4.72. The summed E-state index contributed by atoms with van der Waals surface area (Å²) in [6.07, 6.45) is 4.50. The van der Waals surface area contributed by atoms with Crippen LogP contribution in [0, 0.1) is 0 Å². The average molecular weight is 461 g/mol. The van der Waals surface area contributed by atoms with Crippen LogP contribution in [0.2, 0.25) is 0 Å². The Balaban J connectivity index is 1.23. The Morgan fingerprint density at radius 1 is 0.882 bits per heavy atom. The summed E-state index contributed by atoms with van der Waals surface area (Å²) >= 11 is 0. The van der Waals surface area contributed by atoms with Gasteiger partial charge in [-0.3, -0.25) is 9.69 Å². The van der Waals surface area contributed by atoms with E-state index in [1.807, 2.05) is 36.5 Å². The summed E-state index contributed by atoms with van der Waals surface area (Å²) < 4.78 is 5.39. The Kier molecular flexibility index (Phi) is 7.16. The molecule has 178 valence electrons. The van der Waals surface area contributed by atoms with Gasteiger partial charge in [-0.25, -0.2) is 9.97 Å². The lowest BCUT2D eigenvalue weighted by Gasteiger charge is -2.36. The number of ether oxygens (including phenoxy) is 1. The number of aromatic nitrogens is 2. The fourth-order valence-corrected chi connectivity index (χ4v) is 4.72. The van der Waals surface area contributed by atoms with Crippen molar-refractivity contribution in [3.8, 4) is 0 Å². The van der Waals surface area contributed by atoms with Crippen LogP contribution in [0.4, 0.5) is 11.6 Å². The molecule has 34 heavy (non-hydrogen) atoms. The Morgan fingerprint density at radius 2 is 1.62 bits per heavy atom. The van der Waals surface area contributed by atoms with Crippen LogP contribution in [-0.2, 0) is 4.74 Å². The van der Waals surface area contributed by atoms with Crippen molar-refractivity contribution < 1.29 is 9.53 Å². The van der Waals surface area contributed by atoms with Crippen LogP contribution in [0.3, 0.4) is 0 Å². The second-order valence-electron chi connectivity index (χ2n) is 8.77. The molecule has 2 saturated heterocycles. The maximum atomic E-state index is 13.0. The molecule has 0 bridgehead atoms. The Hall–Kier alpha value is -3.23. The molecule has 8 heteroatoms. The molecule has 0 aliphatic carbocycles. The zero-order valence-electron chi connectivity index (χ0n) is 19.5. The molecule has 0 radical (unpaired) electrons. The van der Waals surface area contributed by atoms with Crippen LogP contribution in [0.5, 0.6) is 0 Å². The van der Waals surface area contributed by atoms with Gasteiger partial charge >= 0.3 is 0 Å². The molecule has 5 rings (SSSR count). The first-order chi connectivity index (χ1) is 16.8. The second-order valence-corrected chi connectivity index (χ2v) is 8.77. The first-order valence-corrected chi connectivity index (χ1v) is 12.2. The molecule has 1 aromatic carbocycles. The van der Waals surface area contributed by atoms with Gasteiger partial charge in [-0.05, 0) is 30.5 Å². The maximum absolute atomic E-state index is 13.0. The Bertz CT molecular complexity index is 1090. The van der Waals surface area contributed by atoms with Crippen LogP contribution < -0.4 is 15.1 Å². The van der Waals surface area contributed by atoms with Gasteiger partial charge in [-0.1, -0.05) is 30.3 Å². The number of morpholine rings is 1. The highest BCUT2D eigenvalue weighted by Gasteiger charge is 2.22. The minimum absolute atomic E-state index is 0.0581. The van der Waals surface area contributed by atoms with E-state index in [0.29, 0.717) is 12.1 Å². The van der Waals surface area contributed by atoms with E-state index in [9.17, 15) is 4.79 Å². The number of nitrogens with zero attached hydrogens (tertiary/aromatic N) is 5. The number of carbonyl (C=O) groups excluding carboxylic acids is 1. The van der Waals surface area contributed by atoms with Gasteiger partial charge in [0.25, 0.3) is 5.91 Å². The Morgan fingerprint density at radius 3 is 2.38 bits per heavy atom. The third-order valence-corrected chi connectivity index (χ3v) is 6.61. The van der Waals surface area contributed by atoms with E-state index in [0.717, 1.165) is 87.9 Å². The highest BCUT2D eigenvalue weighted by Crippen LogP contribution is 2.28. The molecular weight excluding hydrogens is 428 g/mol. The molecule has 4 heterocycles. The summed E-state index contributed by atoms with van der Waals surface area (Å²) in [6.45, 7) is 8.68. The SMILES string of the molecule is O=C(NCCCN1CCOCC1)c1cnc(N2CCN(c3ccccn3)CC2)c2ccccc12. The summed E-state index contributed by atoms with van der Waals surface area (Å²) in [5.74, 6) is 1.90. The molecule has 1 amide bonds. The normalized spacial score (nSPS) is 17.2. The number of benzene rings is 1. The minimum atomic E-state index is -0.0581. The molecule has 2 aromatic heterocycles. The van der Waals surface area contributed by atoms with Crippen molar-refractivity contribution in [2.24, 2.45) is 0 Å². The van der Waals surface area contributed by atoms with Gasteiger partial charge in [0.15, 0.2) is 0 Å². The zero-order valence-corrected chi connectivity index (χ0v) is 19.5. The number of amides is 1. The van der Waals surface area contributed by atoms with Gasteiger partial charge in [-0.2, -0.15) is 0 Å². The predicted molar refractivity (Wildman–Crippen MR) is 135 cm³/mol. The maximum Gasteiger partial charge on any atom is 0.253 e. The van der Waals surface area contributed by atoms with Crippen LogP contribution in [0.25, 0.3) is 10.8 Å². The first kappa shape index (κ1) is 22.6. The van der Waals surface area contributed by atoms with E-state index in [2.05, 4.69) is 37.1 Å². The monoisotopic (exact) mass is 460 g/mol. The van der Waals surface area contributed by atoms with E-state index < -0.39 is 0 Å². The number of hydrogen-bond donors (Lipinski definition) is 1. The summed E-state index contributed by atoms with van der Waals surface area (Å²) in [5.41, 5.74) is 0.637. The molecule has 0 spiro atoms. The van der Waals surface area contributed by atoms with Crippen LogP contribution >= 0.6 is 0 Å². The molecule has 0 unspecified atom stereocenters. The van der Waals surface area contributed by atoms with E-state index in [1.165, 1.54) is 0 Å². The number of hydrogen-bond acceptors (Lipinski definition) is 7. The third kappa shape index (κ3) is 5.13. The van der Waals surface area contributed by atoms with Crippen molar-refractivity contribution in [3.63, 3.8) is 0 Å². The van der Waals surface area contributed by atoms with Crippen molar-refractivity contribution >= 4 is 28.3 Å². The van der Waals surface area contributed by atoms with Crippen molar-refractivity contribution in [2.75, 3.05) is 75.4 Å². The van der Waals surface area contributed by atoms with E-state index in [4.69, 9.17) is 9.72 Å². The number of fused-ring (bicyclic) bond motifs is 1. The van der Waals surface area contributed by atoms with E-state index >= 15 is 0 Å². The van der Waals surface area contributed by atoms with Crippen LogP contribution in [-0.4, -0.2) is 86.3 Å². The number of rotatable bonds is 7. The van der Waals surface area contributed by atoms with Gasteiger partial charge in [0.2, 0.25) is 0 Å². The number of anilines is 2. The molecular formula is C26H32N6O2. The molecule has 2 fully saturated rings. The van der Waals surface area contributed by atoms with Crippen molar-refractivity contribution in [1.82, 2.24) is 20.2 Å². The summed E-state index contributed by atoms with van der Waals surface area (Å²) in [5, 5.41) is 5.06. The average Bonchev–Trinajstić information content (AvgIpc) is 2.91. The van der Waals surface area contributed by atoms with E-state index in [-0.39, 0.29) is 5.91 Å². The van der Waals surface area contributed by atoms with Gasteiger partial charge < -0.3 is 19.9 Å². The minimum Gasteiger partial charge on any atom is -0.379 e. The van der Waals surface area contributed by atoms with Gasteiger partial charge in [0.1, 0.15) is 11.6 Å². The van der Waals surface area contributed by atoms with Crippen molar-refractivity contribution in [2.45, 2.75) is 6.42 Å². The zero-order chi connectivity index (χ0) is 23.2. The van der Waals surface area contributed by atoms with Crippen molar-refractivity contribution in [3.05, 3.63) is 60.4 Å². The standard InChI is InChI=1S/C26H32N6O2/c33-26(28-10-5-11-30-16-18-34-19-17-30)23-20-29-25(22-7-2-1-6-21(22)23)32-14-12-31(13-15-32)24-8-3-4-9-27-24/h1-4,6-9,20H,5,10-19H2,(H,28,33). The lowest BCUT2D eigenvalue weighted by Crippen LogP contribution is -2.47. The third-order valence-electron chi connectivity index (χ3n) is 6.61. The number of nitrogens with one attached hydrogen (secondary N) is 1. The summed E-state index contributed by atoms with van der Waals surface area (Å²) in [7, 11) is 0. The quantitative estimate of drug-likeness (QED) is 0.543. The lowest BCUT2D eigenvalue weighted by atomic mass is 10.1. The second kappa shape index (κ2) is 10.8. The fraction of sp³-hybridized carbons (Fsp3) is 0.423. The smallest absolute Gasteiger partial charge is 0.253 e. The first-order valence-electron chi connectivity index (χ1n) is 12.2. The molecule has 2 aliphatic rings. The highest BCUT2D eigenvalue weighted by atomic mass is 16.5. The predicted octanol–water partition coefficient (Wildman–Crippen LogP) is 2.41. The largest absolute Gasteiger partial charge is 0.379 e. The van der Waals surface area contributed by atoms with Crippen LogP contribution in [0.15, 0.2) is 54.9 Å². The topological polar surface area (TPSA) is 73.8 Å². The summed E-state index contributed by atoms with van der Waals surface area (Å²) in [6, 6.07) is 14.1. The van der Waals surface area contributed by atoms with Gasteiger partial charge in [0, 0.05) is 63.6 Å². The molecule has 2 aliphatic heterocycles. The molecule has 3 aromatic rings. The van der Waals surface area contributed by atoms with Crippen LogP contribution in [0.1, 0.15) is 16.8 Å². The lowest BCUT2D eigenvalue weighted by molar-refractivity contribution is 0.0374. The molecule has 0 saturated carbocycles. The van der Waals surface area contributed by atoms with Crippen molar-refractivity contribution in [1.29, 1.82) is 0 Å².